The summed E-state index contributed by atoms with van der Waals surface area (Å²) in [6.07, 6.45) is 5.63. The Balaban J connectivity index is 1.54. The second-order valence-corrected chi connectivity index (χ2v) is 8.68. The van der Waals surface area contributed by atoms with Gasteiger partial charge in [0.25, 0.3) is 0 Å². The van der Waals surface area contributed by atoms with E-state index < -0.39 is 0 Å². The Hall–Kier alpha value is -3.46. The molecule has 8 nitrogen and oxygen atoms in total. The number of aromatic nitrogens is 5. The van der Waals surface area contributed by atoms with Crippen molar-refractivity contribution in [2.75, 3.05) is 31.3 Å². The van der Waals surface area contributed by atoms with E-state index in [1.807, 2.05) is 36.6 Å². The van der Waals surface area contributed by atoms with Gasteiger partial charge < -0.3 is 14.8 Å². The number of anilines is 1. The number of piperidine rings is 1. The lowest BCUT2D eigenvalue weighted by Gasteiger charge is -2.33. The summed E-state index contributed by atoms with van der Waals surface area (Å²) in [6, 6.07) is 10.3. The van der Waals surface area contributed by atoms with Crippen LogP contribution in [-0.4, -0.2) is 61.0 Å². The Morgan fingerprint density at radius 2 is 1.94 bits per heavy atom. The smallest absolute Gasteiger partial charge is 0.223 e. The predicted octanol–water partition coefficient (Wildman–Crippen LogP) is 4.23. The summed E-state index contributed by atoms with van der Waals surface area (Å²) < 4.78 is 17.5. The van der Waals surface area contributed by atoms with E-state index in [9.17, 15) is 9.18 Å². The summed E-state index contributed by atoms with van der Waals surface area (Å²) >= 11 is 5.75. The number of hydrogen-bond acceptors (Lipinski definition) is 5. The lowest BCUT2D eigenvalue weighted by molar-refractivity contribution is -0.132. The van der Waals surface area contributed by atoms with Crippen molar-refractivity contribution in [3.8, 4) is 22.6 Å². The standard InChI is InChI=1S/C24H25ClFN7O/c1-27-20-14-33-21(29-20)7-6-19(30-33)24-23(16-2-4-17(26)5-3-16)28-15-32(24)18-9-12-31(13-10-18)22(34)8-11-25/h2-7,14-15,18,27H,8-13H2,1H3. The minimum Gasteiger partial charge on any atom is -0.372 e. The Kier molecular flexibility index (Phi) is 6.19. The SMILES string of the molecule is CNc1cn2nc(-c3c(-c4ccc(F)cc4)ncn3C3CCN(C(=O)CCCl)CC3)ccc2n1. The number of imidazole rings is 2. The summed E-state index contributed by atoms with van der Waals surface area (Å²) in [7, 11) is 1.81. The number of fused-ring (bicyclic) bond motifs is 1. The minimum atomic E-state index is -0.295. The van der Waals surface area contributed by atoms with Gasteiger partial charge in [0.05, 0.1) is 23.9 Å². The Morgan fingerprint density at radius 3 is 2.65 bits per heavy atom. The monoisotopic (exact) mass is 481 g/mol. The van der Waals surface area contributed by atoms with Gasteiger partial charge >= 0.3 is 0 Å². The Morgan fingerprint density at radius 1 is 1.18 bits per heavy atom. The van der Waals surface area contributed by atoms with E-state index in [-0.39, 0.29) is 17.8 Å². The number of alkyl halides is 1. The summed E-state index contributed by atoms with van der Waals surface area (Å²) in [5, 5.41) is 7.85. The molecular weight excluding hydrogens is 457 g/mol. The van der Waals surface area contributed by atoms with Crippen molar-refractivity contribution in [3.63, 3.8) is 0 Å². The first-order valence-electron chi connectivity index (χ1n) is 11.3. The topological polar surface area (TPSA) is 80.4 Å². The molecule has 1 aromatic carbocycles. The van der Waals surface area contributed by atoms with Crippen molar-refractivity contribution in [2.45, 2.75) is 25.3 Å². The van der Waals surface area contributed by atoms with Crippen molar-refractivity contribution in [2.24, 2.45) is 0 Å². The van der Waals surface area contributed by atoms with E-state index in [2.05, 4.69) is 14.9 Å². The van der Waals surface area contributed by atoms with Crippen LogP contribution >= 0.6 is 11.6 Å². The van der Waals surface area contributed by atoms with Gasteiger partial charge in [0.1, 0.15) is 17.3 Å². The zero-order valence-corrected chi connectivity index (χ0v) is 19.5. The van der Waals surface area contributed by atoms with Crippen molar-refractivity contribution in [1.29, 1.82) is 0 Å². The molecule has 5 rings (SSSR count). The van der Waals surface area contributed by atoms with Crippen LogP contribution in [-0.2, 0) is 4.79 Å². The van der Waals surface area contributed by atoms with Crippen molar-refractivity contribution in [1.82, 2.24) is 29.0 Å². The van der Waals surface area contributed by atoms with Crippen LogP contribution in [0.1, 0.15) is 25.3 Å². The molecule has 0 aliphatic carbocycles. The number of benzene rings is 1. The number of nitrogens with one attached hydrogen (secondary N) is 1. The van der Waals surface area contributed by atoms with Crippen LogP contribution in [0.15, 0.2) is 48.9 Å². The molecule has 1 amide bonds. The Bertz CT molecular complexity index is 1310. The summed E-state index contributed by atoms with van der Waals surface area (Å²) in [4.78, 5) is 23.3. The molecule has 1 aliphatic rings. The normalized spacial score (nSPS) is 14.6. The molecule has 0 bridgehead atoms. The maximum atomic E-state index is 13.6. The first kappa shape index (κ1) is 22.3. The van der Waals surface area contributed by atoms with E-state index in [0.29, 0.717) is 25.4 Å². The molecule has 0 saturated carbocycles. The second-order valence-electron chi connectivity index (χ2n) is 8.30. The quantitative estimate of drug-likeness (QED) is 0.417. The molecule has 0 spiro atoms. The summed E-state index contributed by atoms with van der Waals surface area (Å²) in [5.74, 6) is 0.865. The molecule has 0 unspecified atom stereocenters. The van der Waals surface area contributed by atoms with E-state index in [4.69, 9.17) is 21.7 Å². The fraction of sp³-hybridized carbons (Fsp3) is 0.333. The van der Waals surface area contributed by atoms with Crippen molar-refractivity contribution < 1.29 is 9.18 Å². The van der Waals surface area contributed by atoms with Gasteiger partial charge in [0, 0.05) is 44.0 Å². The van der Waals surface area contributed by atoms with Crippen LogP contribution in [0.5, 0.6) is 0 Å². The average Bonchev–Trinajstić information content (AvgIpc) is 3.48. The highest BCUT2D eigenvalue weighted by Crippen LogP contribution is 2.35. The highest BCUT2D eigenvalue weighted by atomic mass is 35.5. The first-order valence-corrected chi connectivity index (χ1v) is 11.8. The molecule has 0 atom stereocenters. The molecular formula is C24H25ClFN7O. The number of hydrogen-bond donors (Lipinski definition) is 1. The van der Waals surface area contributed by atoms with Gasteiger partial charge in [-0.1, -0.05) is 0 Å². The highest BCUT2D eigenvalue weighted by Gasteiger charge is 2.27. The Labute approximate surface area is 201 Å². The minimum absolute atomic E-state index is 0.0962. The van der Waals surface area contributed by atoms with Gasteiger partial charge in [-0.2, -0.15) is 5.10 Å². The third kappa shape index (κ3) is 4.23. The largest absolute Gasteiger partial charge is 0.372 e. The molecule has 10 heteroatoms. The number of nitrogens with zero attached hydrogens (tertiary/aromatic N) is 6. The lowest BCUT2D eigenvalue weighted by atomic mass is 10.0. The van der Waals surface area contributed by atoms with Crippen LogP contribution in [0.3, 0.4) is 0 Å². The predicted molar refractivity (Wildman–Crippen MR) is 129 cm³/mol. The highest BCUT2D eigenvalue weighted by molar-refractivity contribution is 6.18. The summed E-state index contributed by atoms with van der Waals surface area (Å²) in [5.41, 5.74) is 3.88. The molecule has 4 aromatic rings. The maximum Gasteiger partial charge on any atom is 0.223 e. The summed E-state index contributed by atoms with van der Waals surface area (Å²) in [6.45, 7) is 1.34. The van der Waals surface area contributed by atoms with Gasteiger partial charge in [0.15, 0.2) is 5.65 Å². The third-order valence-electron chi connectivity index (χ3n) is 6.25. The number of likely N-dealkylation sites (tertiary alicyclic amines) is 1. The second kappa shape index (κ2) is 9.42. The first-order chi connectivity index (χ1) is 16.6. The fourth-order valence-corrected chi connectivity index (χ4v) is 4.63. The number of carbonyl (C=O) groups is 1. The average molecular weight is 482 g/mol. The molecule has 34 heavy (non-hydrogen) atoms. The molecule has 3 aromatic heterocycles. The molecule has 1 fully saturated rings. The lowest BCUT2D eigenvalue weighted by Crippen LogP contribution is -2.39. The van der Waals surface area contributed by atoms with Crippen LogP contribution in [0.4, 0.5) is 10.2 Å². The van der Waals surface area contributed by atoms with Gasteiger partial charge in [-0.05, 0) is 49.2 Å². The van der Waals surface area contributed by atoms with E-state index >= 15 is 0 Å². The van der Waals surface area contributed by atoms with Crippen LogP contribution in [0.2, 0.25) is 0 Å². The molecule has 1 aliphatic heterocycles. The van der Waals surface area contributed by atoms with Crippen molar-refractivity contribution in [3.05, 3.63) is 54.7 Å². The number of amides is 1. The molecule has 176 valence electrons. The van der Waals surface area contributed by atoms with Gasteiger partial charge in [-0.15, -0.1) is 11.6 Å². The van der Waals surface area contributed by atoms with Gasteiger partial charge in [0.2, 0.25) is 5.91 Å². The molecule has 1 N–H and O–H groups in total. The van der Waals surface area contributed by atoms with Crippen LogP contribution in [0.25, 0.3) is 28.3 Å². The third-order valence-corrected chi connectivity index (χ3v) is 6.44. The molecule has 1 saturated heterocycles. The van der Waals surface area contributed by atoms with Crippen LogP contribution < -0.4 is 5.32 Å². The zero-order chi connectivity index (χ0) is 23.7. The van der Waals surface area contributed by atoms with E-state index in [0.717, 1.165) is 47.0 Å². The number of rotatable bonds is 6. The zero-order valence-electron chi connectivity index (χ0n) is 18.8. The number of carbonyl (C=O) groups excluding carboxylic acids is 1. The maximum absolute atomic E-state index is 13.6. The van der Waals surface area contributed by atoms with E-state index in [1.54, 1.807) is 16.6 Å². The van der Waals surface area contributed by atoms with Gasteiger partial charge in [-0.3, -0.25) is 4.79 Å². The van der Waals surface area contributed by atoms with Gasteiger partial charge in [-0.25, -0.2) is 18.9 Å². The molecule has 0 radical (unpaired) electrons. The van der Waals surface area contributed by atoms with Crippen molar-refractivity contribution >= 4 is 29.0 Å². The fourth-order valence-electron chi connectivity index (χ4n) is 4.47. The van der Waals surface area contributed by atoms with Crippen LogP contribution in [0, 0.1) is 5.82 Å². The number of halogens is 2. The van der Waals surface area contributed by atoms with E-state index in [1.165, 1.54) is 12.1 Å². The molecule has 4 heterocycles.